The second kappa shape index (κ2) is 15.7. The highest BCUT2D eigenvalue weighted by Gasteiger charge is 2.34. The van der Waals surface area contributed by atoms with E-state index in [9.17, 15) is 17.6 Å². The van der Waals surface area contributed by atoms with Gasteiger partial charge in [-0.05, 0) is 62.4 Å². The number of aryl methyl sites for hydroxylation is 2. The monoisotopic (exact) mass is 452 g/mol. The largest absolute Gasteiger partial charge is 0.463 e. The zero-order valence-corrected chi connectivity index (χ0v) is 19.5. The van der Waals surface area contributed by atoms with Crippen LogP contribution in [0.4, 0.5) is 17.6 Å². The Bertz CT molecular complexity index is 826. The van der Waals surface area contributed by atoms with E-state index in [1.165, 1.54) is 48.5 Å². The summed E-state index contributed by atoms with van der Waals surface area (Å²) < 4.78 is 61.1. The van der Waals surface area contributed by atoms with Crippen molar-refractivity contribution < 1.29 is 27.0 Å². The Balaban J connectivity index is 0.000000666. The van der Waals surface area contributed by atoms with Crippen LogP contribution in [0.2, 0.25) is 0 Å². The van der Waals surface area contributed by atoms with Crippen molar-refractivity contribution in [2.75, 3.05) is 6.86 Å². The molecule has 0 aliphatic heterocycles. The highest BCUT2D eigenvalue weighted by Crippen LogP contribution is 2.32. The third-order valence-electron chi connectivity index (χ3n) is 3.69. The first-order valence-electron chi connectivity index (χ1n) is 10.4. The molecule has 3 aromatic rings. The topological polar surface area (TPSA) is 18.5 Å². The minimum Gasteiger partial charge on any atom is -0.463 e. The van der Waals surface area contributed by atoms with E-state index in [-0.39, 0.29) is 22.9 Å². The molecule has 0 bridgehead atoms. The van der Waals surface area contributed by atoms with Crippen LogP contribution in [0.25, 0.3) is 0 Å². The number of halogens is 4. The fourth-order valence-corrected chi connectivity index (χ4v) is 2.15. The molecular weight excluding hydrogens is 420 g/mol. The zero-order chi connectivity index (χ0) is 24.6. The van der Waals surface area contributed by atoms with Gasteiger partial charge >= 0.3 is 6.11 Å². The van der Waals surface area contributed by atoms with Crippen LogP contribution >= 0.6 is 0 Å². The van der Waals surface area contributed by atoms with Gasteiger partial charge in [0.25, 0.3) is 0 Å². The molecule has 0 saturated heterocycles. The van der Waals surface area contributed by atoms with Gasteiger partial charge in [-0.25, -0.2) is 8.78 Å². The predicted octanol–water partition coefficient (Wildman–Crippen LogP) is 8.62. The van der Waals surface area contributed by atoms with Crippen LogP contribution in [0, 0.1) is 19.7 Å². The van der Waals surface area contributed by atoms with Crippen molar-refractivity contribution in [1.29, 1.82) is 0 Å². The van der Waals surface area contributed by atoms with Crippen molar-refractivity contribution in [3.05, 3.63) is 95.3 Å². The standard InChI is InChI=1S/C15H13F3O2.C7H7F.2C2H6/c1-11-2-4-12(5-3-11)15(17,18)20-14-8-6-13(7-9-14)19-10-16;1-6-2-4-7(8)5-3-6;2*1-2/h2-9H,10H2,1H3;2-5H,1H3;2*1-2H3. The van der Waals surface area contributed by atoms with Crippen molar-refractivity contribution >= 4 is 0 Å². The van der Waals surface area contributed by atoms with Crippen LogP contribution in [0.1, 0.15) is 44.4 Å². The van der Waals surface area contributed by atoms with Gasteiger partial charge in [-0.15, -0.1) is 0 Å². The van der Waals surface area contributed by atoms with Gasteiger partial charge in [-0.1, -0.05) is 63.1 Å². The number of hydrogen-bond acceptors (Lipinski definition) is 2. The molecule has 3 rings (SSSR count). The fourth-order valence-electron chi connectivity index (χ4n) is 2.15. The maximum Gasteiger partial charge on any atom is 0.426 e. The van der Waals surface area contributed by atoms with Crippen LogP contribution in [-0.2, 0) is 6.11 Å². The first kappa shape index (κ1) is 29.0. The molecular formula is C26H32F4O2. The summed E-state index contributed by atoms with van der Waals surface area (Å²) in [6.07, 6.45) is -3.43. The lowest BCUT2D eigenvalue weighted by atomic mass is 10.1. The van der Waals surface area contributed by atoms with Gasteiger partial charge in [0.05, 0.1) is 5.56 Å². The number of ether oxygens (including phenoxy) is 2. The Morgan fingerprint density at radius 3 is 1.47 bits per heavy atom. The average Bonchev–Trinajstić information content (AvgIpc) is 2.81. The lowest BCUT2D eigenvalue weighted by Gasteiger charge is -2.18. The molecule has 0 N–H and O–H groups in total. The Morgan fingerprint density at radius 1 is 0.656 bits per heavy atom. The maximum absolute atomic E-state index is 13.9. The molecule has 6 heteroatoms. The van der Waals surface area contributed by atoms with Gasteiger partial charge in [0.15, 0.2) is 0 Å². The van der Waals surface area contributed by atoms with E-state index in [1.54, 1.807) is 24.3 Å². The van der Waals surface area contributed by atoms with Gasteiger partial charge < -0.3 is 9.47 Å². The molecule has 176 valence electrons. The molecule has 2 nitrogen and oxygen atoms in total. The van der Waals surface area contributed by atoms with E-state index in [0.717, 1.165) is 11.1 Å². The number of alkyl halides is 3. The molecule has 0 radical (unpaired) electrons. The van der Waals surface area contributed by atoms with E-state index in [1.807, 2.05) is 41.5 Å². The van der Waals surface area contributed by atoms with Crippen LogP contribution in [0.15, 0.2) is 72.8 Å². The van der Waals surface area contributed by atoms with Gasteiger partial charge in [0.1, 0.15) is 17.3 Å². The Kier molecular flexibility index (Phi) is 14.2. The molecule has 0 heterocycles. The highest BCUT2D eigenvalue weighted by atomic mass is 19.3. The fraction of sp³-hybridized carbons (Fsp3) is 0.308. The first-order valence-corrected chi connectivity index (χ1v) is 10.4. The normalized spacial score (nSPS) is 9.69. The van der Waals surface area contributed by atoms with Crippen molar-refractivity contribution in [2.24, 2.45) is 0 Å². The summed E-state index contributed by atoms with van der Waals surface area (Å²) in [6.45, 7) is 10.8. The summed E-state index contributed by atoms with van der Waals surface area (Å²) >= 11 is 0. The molecule has 0 spiro atoms. The second-order valence-corrected chi connectivity index (χ2v) is 6.01. The predicted molar refractivity (Wildman–Crippen MR) is 123 cm³/mol. The SMILES string of the molecule is CC.CC.Cc1ccc(C(F)(F)Oc2ccc(OCF)cc2)cc1.Cc1ccc(F)cc1. The summed E-state index contributed by atoms with van der Waals surface area (Å²) in [5, 5.41) is 0. The molecule has 0 atom stereocenters. The minimum absolute atomic E-state index is 0.0261. The number of hydrogen-bond donors (Lipinski definition) is 0. The Labute approximate surface area is 188 Å². The van der Waals surface area contributed by atoms with Crippen molar-refractivity contribution in [3.8, 4) is 11.5 Å². The van der Waals surface area contributed by atoms with Gasteiger partial charge in [0, 0.05) is 0 Å². The molecule has 0 unspecified atom stereocenters. The van der Waals surface area contributed by atoms with Crippen LogP contribution in [0.5, 0.6) is 11.5 Å². The van der Waals surface area contributed by atoms with E-state index >= 15 is 0 Å². The average molecular weight is 453 g/mol. The summed E-state index contributed by atoms with van der Waals surface area (Å²) in [4.78, 5) is 0. The quantitative estimate of drug-likeness (QED) is 0.361. The minimum atomic E-state index is -3.43. The van der Waals surface area contributed by atoms with Crippen LogP contribution < -0.4 is 9.47 Å². The third-order valence-corrected chi connectivity index (χ3v) is 3.69. The zero-order valence-electron chi connectivity index (χ0n) is 19.5. The molecule has 0 aliphatic rings. The summed E-state index contributed by atoms with van der Waals surface area (Å²) in [5.41, 5.74) is 1.75. The summed E-state index contributed by atoms with van der Waals surface area (Å²) in [6, 6.07) is 17.5. The van der Waals surface area contributed by atoms with Crippen molar-refractivity contribution in [1.82, 2.24) is 0 Å². The lowest BCUT2D eigenvalue weighted by molar-refractivity contribution is -0.185. The summed E-state index contributed by atoms with van der Waals surface area (Å²) in [5.74, 6) is 0.0517. The number of rotatable bonds is 5. The molecule has 3 aromatic carbocycles. The van der Waals surface area contributed by atoms with E-state index in [2.05, 4.69) is 9.47 Å². The molecule has 0 fully saturated rings. The Morgan fingerprint density at radius 2 is 1.06 bits per heavy atom. The number of benzene rings is 3. The smallest absolute Gasteiger partial charge is 0.426 e. The molecule has 0 saturated carbocycles. The van der Waals surface area contributed by atoms with E-state index < -0.39 is 13.0 Å². The highest BCUT2D eigenvalue weighted by molar-refractivity contribution is 5.32. The third kappa shape index (κ3) is 10.8. The molecule has 0 amide bonds. The van der Waals surface area contributed by atoms with E-state index in [4.69, 9.17) is 0 Å². The Hall–Kier alpha value is -3.02. The van der Waals surface area contributed by atoms with Gasteiger partial charge in [0.2, 0.25) is 6.86 Å². The van der Waals surface area contributed by atoms with Crippen LogP contribution in [0.3, 0.4) is 0 Å². The van der Waals surface area contributed by atoms with Gasteiger partial charge in [-0.3, -0.25) is 0 Å². The maximum atomic E-state index is 13.9. The first-order chi connectivity index (χ1) is 15.3. The van der Waals surface area contributed by atoms with Crippen molar-refractivity contribution in [2.45, 2.75) is 47.7 Å². The summed E-state index contributed by atoms with van der Waals surface area (Å²) in [7, 11) is 0. The second-order valence-electron chi connectivity index (χ2n) is 6.01. The van der Waals surface area contributed by atoms with E-state index in [0.29, 0.717) is 0 Å². The van der Waals surface area contributed by atoms with Crippen molar-refractivity contribution in [3.63, 3.8) is 0 Å². The molecule has 0 aromatic heterocycles. The van der Waals surface area contributed by atoms with Crippen LogP contribution in [-0.4, -0.2) is 6.86 Å². The van der Waals surface area contributed by atoms with Gasteiger partial charge in [-0.2, -0.15) is 8.78 Å². The molecule has 32 heavy (non-hydrogen) atoms. The molecule has 0 aliphatic carbocycles. The lowest BCUT2D eigenvalue weighted by Crippen LogP contribution is -2.21.